The van der Waals surface area contributed by atoms with Crippen LogP contribution in [0.2, 0.25) is 0 Å². The monoisotopic (exact) mass is 326 g/mol. The van der Waals surface area contributed by atoms with Gasteiger partial charge in [-0.25, -0.2) is 8.42 Å². The average molecular weight is 326 g/mol. The van der Waals surface area contributed by atoms with Gasteiger partial charge in [-0.1, -0.05) is 12.1 Å². The fourth-order valence-electron chi connectivity index (χ4n) is 2.21. The summed E-state index contributed by atoms with van der Waals surface area (Å²) in [4.78, 5) is 12.3. The maximum absolute atomic E-state index is 12.3. The van der Waals surface area contributed by atoms with Crippen LogP contribution in [-0.2, 0) is 14.8 Å². The Morgan fingerprint density at radius 2 is 2.00 bits per heavy atom. The standard InChI is InChI=1S/C15H22N2O4S/c1-5-22(19,20)17-10-13(14(18)16-15(2,3)4)21-12-9-7-6-8-11(12)17/h6-9,13H,5,10H2,1-4H3,(H,16,18). The number of ether oxygens (including phenoxy) is 1. The van der Waals surface area contributed by atoms with E-state index in [1.807, 2.05) is 20.8 Å². The molecule has 1 N–H and O–H groups in total. The van der Waals surface area contributed by atoms with Gasteiger partial charge in [-0.05, 0) is 39.8 Å². The number of anilines is 1. The van der Waals surface area contributed by atoms with Crippen LogP contribution >= 0.6 is 0 Å². The Morgan fingerprint density at radius 3 is 2.59 bits per heavy atom. The van der Waals surface area contributed by atoms with Crippen molar-refractivity contribution in [2.24, 2.45) is 0 Å². The Labute approximate surface area is 131 Å². The van der Waals surface area contributed by atoms with Gasteiger partial charge >= 0.3 is 0 Å². The first-order valence-electron chi connectivity index (χ1n) is 7.22. The van der Waals surface area contributed by atoms with E-state index in [4.69, 9.17) is 4.74 Å². The highest BCUT2D eigenvalue weighted by atomic mass is 32.2. The summed E-state index contributed by atoms with van der Waals surface area (Å²) in [6.45, 7) is 7.15. The van der Waals surface area contributed by atoms with Crippen LogP contribution in [0.1, 0.15) is 27.7 Å². The second-order valence-corrected chi connectivity index (χ2v) is 8.43. The first-order valence-corrected chi connectivity index (χ1v) is 8.83. The molecular formula is C15H22N2O4S. The second-order valence-electron chi connectivity index (χ2n) is 6.25. The van der Waals surface area contributed by atoms with Crippen molar-refractivity contribution in [2.45, 2.75) is 39.3 Å². The van der Waals surface area contributed by atoms with Crippen LogP contribution in [0, 0.1) is 0 Å². The number of carbonyl (C=O) groups is 1. The molecule has 122 valence electrons. The third-order valence-electron chi connectivity index (χ3n) is 3.23. The maximum Gasteiger partial charge on any atom is 0.263 e. The van der Waals surface area contributed by atoms with Crippen molar-refractivity contribution in [3.05, 3.63) is 24.3 Å². The quantitative estimate of drug-likeness (QED) is 0.914. The van der Waals surface area contributed by atoms with Gasteiger partial charge in [0.2, 0.25) is 10.0 Å². The first-order chi connectivity index (χ1) is 10.1. The van der Waals surface area contributed by atoms with Gasteiger partial charge in [-0.3, -0.25) is 9.10 Å². The Kier molecular flexibility index (Phi) is 4.37. The van der Waals surface area contributed by atoms with Crippen LogP contribution in [0.25, 0.3) is 0 Å². The van der Waals surface area contributed by atoms with E-state index in [0.29, 0.717) is 11.4 Å². The molecule has 7 heteroatoms. The molecule has 22 heavy (non-hydrogen) atoms. The molecule has 0 spiro atoms. The summed E-state index contributed by atoms with van der Waals surface area (Å²) >= 11 is 0. The first kappa shape index (κ1) is 16.6. The molecular weight excluding hydrogens is 304 g/mol. The summed E-state index contributed by atoms with van der Waals surface area (Å²) in [6, 6.07) is 6.85. The molecule has 1 aromatic carbocycles. The number of nitrogens with one attached hydrogen (secondary N) is 1. The van der Waals surface area contributed by atoms with E-state index in [1.54, 1.807) is 31.2 Å². The van der Waals surface area contributed by atoms with Crippen molar-refractivity contribution >= 4 is 21.6 Å². The van der Waals surface area contributed by atoms with Gasteiger partial charge in [0.15, 0.2) is 6.10 Å². The molecule has 0 fully saturated rings. The van der Waals surface area contributed by atoms with Gasteiger partial charge in [-0.2, -0.15) is 0 Å². The topological polar surface area (TPSA) is 75.7 Å². The molecule has 1 atom stereocenters. The molecule has 1 aromatic rings. The number of fused-ring (bicyclic) bond motifs is 1. The summed E-state index contributed by atoms with van der Waals surface area (Å²) in [7, 11) is -3.47. The minimum atomic E-state index is -3.47. The second kappa shape index (κ2) is 5.79. The number of hydrogen-bond donors (Lipinski definition) is 1. The van der Waals surface area contributed by atoms with Crippen LogP contribution in [0.5, 0.6) is 5.75 Å². The van der Waals surface area contributed by atoms with E-state index in [9.17, 15) is 13.2 Å². The lowest BCUT2D eigenvalue weighted by Gasteiger charge is -2.35. The highest BCUT2D eigenvalue weighted by Crippen LogP contribution is 2.35. The smallest absolute Gasteiger partial charge is 0.263 e. The highest BCUT2D eigenvalue weighted by Gasteiger charge is 2.36. The highest BCUT2D eigenvalue weighted by molar-refractivity contribution is 7.92. The molecule has 0 bridgehead atoms. The molecule has 1 aliphatic rings. The normalized spacial score (nSPS) is 18.4. The van der Waals surface area contributed by atoms with Gasteiger partial charge in [0, 0.05) is 5.54 Å². The van der Waals surface area contributed by atoms with Crippen LogP contribution in [-0.4, -0.2) is 38.3 Å². The third kappa shape index (κ3) is 3.52. The summed E-state index contributed by atoms with van der Waals surface area (Å²) in [5.41, 5.74) is 0.0652. The molecule has 1 heterocycles. The van der Waals surface area contributed by atoms with Gasteiger partial charge in [0.25, 0.3) is 5.91 Å². The molecule has 1 unspecified atom stereocenters. The van der Waals surface area contributed by atoms with Crippen molar-refractivity contribution in [3.8, 4) is 5.75 Å². The van der Waals surface area contributed by atoms with E-state index in [-0.39, 0.29) is 18.2 Å². The number of benzene rings is 1. The number of nitrogens with zero attached hydrogens (tertiary/aromatic N) is 1. The van der Waals surface area contributed by atoms with Crippen molar-refractivity contribution in [1.29, 1.82) is 0 Å². The van der Waals surface area contributed by atoms with Crippen molar-refractivity contribution in [3.63, 3.8) is 0 Å². The lowest BCUT2D eigenvalue weighted by atomic mass is 10.1. The minimum absolute atomic E-state index is 0.0187. The number of carbonyl (C=O) groups excluding carboxylic acids is 1. The van der Waals surface area contributed by atoms with E-state index < -0.39 is 21.7 Å². The summed E-state index contributed by atoms with van der Waals surface area (Å²) in [5, 5.41) is 2.82. The molecule has 0 saturated heterocycles. The number of rotatable bonds is 3. The van der Waals surface area contributed by atoms with Crippen LogP contribution in [0.3, 0.4) is 0 Å². The summed E-state index contributed by atoms with van der Waals surface area (Å²) < 4.78 is 31.6. The van der Waals surface area contributed by atoms with Crippen LogP contribution < -0.4 is 14.4 Å². The number of sulfonamides is 1. The lowest BCUT2D eigenvalue weighted by Crippen LogP contribution is -2.54. The zero-order valence-electron chi connectivity index (χ0n) is 13.3. The Balaban J connectivity index is 2.35. The van der Waals surface area contributed by atoms with Gasteiger partial charge in [-0.15, -0.1) is 0 Å². The minimum Gasteiger partial charge on any atom is -0.476 e. The van der Waals surface area contributed by atoms with Crippen LogP contribution in [0.4, 0.5) is 5.69 Å². The fourth-order valence-corrected chi connectivity index (χ4v) is 3.33. The number of hydrogen-bond acceptors (Lipinski definition) is 4. The largest absolute Gasteiger partial charge is 0.476 e. The Morgan fingerprint density at radius 1 is 1.36 bits per heavy atom. The lowest BCUT2D eigenvalue weighted by molar-refractivity contribution is -0.129. The molecule has 1 aliphatic heterocycles. The molecule has 0 radical (unpaired) electrons. The predicted octanol–water partition coefficient (Wildman–Crippen LogP) is 1.52. The molecule has 0 aliphatic carbocycles. The van der Waals surface area contributed by atoms with Gasteiger partial charge in [0.05, 0.1) is 18.0 Å². The van der Waals surface area contributed by atoms with Crippen molar-refractivity contribution in [2.75, 3.05) is 16.6 Å². The average Bonchev–Trinajstić information content (AvgIpc) is 2.44. The SMILES string of the molecule is CCS(=O)(=O)N1CC(C(=O)NC(C)(C)C)Oc2ccccc21. The van der Waals surface area contributed by atoms with Crippen LogP contribution in [0.15, 0.2) is 24.3 Å². The predicted molar refractivity (Wildman–Crippen MR) is 85.6 cm³/mol. The van der Waals surface area contributed by atoms with E-state index >= 15 is 0 Å². The van der Waals surface area contributed by atoms with E-state index in [2.05, 4.69) is 5.32 Å². The molecule has 0 saturated carbocycles. The van der Waals surface area contributed by atoms with E-state index in [0.717, 1.165) is 0 Å². The number of amides is 1. The fraction of sp³-hybridized carbons (Fsp3) is 0.533. The zero-order chi connectivity index (χ0) is 16.5. The molecule has 2 rings (SSSR count). The van der Waals surface area contributed by atoms with Crippen molar-refractivity contribution < 1.29 is 17.9 Å². The Hall–Kier alpha value is -1.76. The Bertz CT molecular complexity index is 664. The molecule has 1 amide bonds. The van der Waals surface area contributed by atoms with Crippen molar-refractivity contribution in [1.82, 2.24) is 5.32 Å². The third-order valence-corrected chi connectivity index (χ3v) is 4.97. The summed E-state index contributed by atoms with van der Waals surface area (Å²) in [5.74, 6) is 0.0488. The van der Waals surface area contributed by atoms with E-state index in [1.165, 1.54) is 4.31 Å². The number of para-hydroxylation sites is 2. The molecule has 0 aromatic heterocycles. The van der Waals surface area contributed by atoms with Gasteiger partial charge < -0.3 is 10.1 Å². The maximum atomic E-state index is 12.3. The van der Waals surface area contributed by atoms with Gasteiger partial charge in [0.1, 0.15) is 5.75 Å². The zero-order valence-corrected chi connectivity index (χ0v) is 14.1. The summed E-state index contributed by atoms with van der Waals surface area (Å²) in [6.07, 6.45) is -0.865. The molecule has 6 nitrogen and oxygen atoms in total.